The lowest BCUT2D eigenvalue weighted by atomic mass is 10.1. The molecule has 3 aromatic rings. The van der Waals surface area contributed by atoms with E-state index in [2.05, 4.69) is 10.5 Å². The zero-order chi connectivity index (χ0) is 21.1. The molecule has 2 heterocycles. The molecule has 156 valence electrons. The van der Waals surface area contributed by atoms with Crippen LogP contribution in [0.1, 0.15) is 34.5 Å². The Labute approximate surface area is 175 Å². The van der Waals surface area contributed by atoms with Gasteiger partial charge in [0.15, 0.2) is 5.76 Å². The minimum atomic E-state index is -3.48. The summed E-state index contributed by atoms with van der Waals surface area (Å²) in [7, 11) is -3.48. The summed E-state index contributed by atoms with van der Waals surface area (Å²) in [6, 6.07) is 15.7. The van der Waals surface area contributed by atoms with Crippen LogP contribution in [0, 0.1) is 6.92 Å². The largest absolute Gasteiger partial charge is 0.356 e. The molecule has 8 heteroatoms. The number of hydrogen-bond acceptors (Lipinski definition) is 5. The van der Waals surface area contributed by atoms with Crippen LogP contribution >= 0.6 is 0 Å². The fraction of sp³-hybridized carbons (Fsp3) is 0.273. The number of carbonyl (C=O) groups excluding carboxylic acids is 1. The van der Waals surface area contributed by atoms with E-state index in [0.717, 1.165) is 24.0 Å². The number of carbonyl (C=O) groups is 1. The Kier molecular flexibility index (Phi) is 5.69. The molecule has 1 aliphatic rings. The molecule has 30 heavy (non-hydrogen) atoms. The minimum Gasteiger partial charge on any atom is -0.356 e. The first-order valence-corrected chi connectivity index (χ1v) is 11.3. The summed E-state index contributed by atoms with van der Waals surface area (Å²) in [6.45, 7) is 3.32. The third kappa shape index (κ3) is 4.29. The molecule has 0 saturated carbocycles. The number of amides is 1. The van der Waals surface area contributed by atoms with Gasteiger partial charge >= 0.3 is 0 Å². The van der Waals surface area contributed by atoms with Gasteiger partial charge in [-0.3, -0.25) is 4.79 Å². The zero-order valence-electron chi connectivity index (χ0n) is 16.7. The quantitative estimate of drug-likeness (QED) is 0.654. The second-order valence-corrected chi connectivity index (χ2v) is 9.30. The highest BCUT2D eigenvalue weighted by molar-refractivity contribution is 7.89. The number of sulfonamides is 1. The van der Waals surface area contributed by atoms with E-state index in [9.17, 15) is 13.2 Å². The molecule has 0 atom stereocenters. The summed E-state index contributed by atoms with van der Waals surface area (Å²) in [5.74, 6) is 0.329. The lowest BCUT2D eigenvalue weighted by molar-refractivity contribution is 0.0950. The van der Waals surface area contributed by atoms with Gasteiger partial charge in [-0.25, -0.2) is 8.42 Å². The van der Waals surface area contributed by atoms with Gasteiger partial charge in [0.05, 0.1) is 11.4 Å². The van der Waals surface area contributed by atoms with E-state index in [0.29, 0.717) is 30.1 Å². The third-order valence-corrected chi connectivity index (χ3v) is 7.06. The van der Waals surface area contributed by atoms with Crippen molar-refractivity contribution in [3.8, 4) is 11.3 Å². The highest BCUT2D eigenvalue weighted by Gasteiger charge is 2.27. The molecule has 1 N–H and O–H groups in total. The van der Waals surface area contributed by atoms with Gasteiger partial charge in [0.1, 0.15) is 5.69 Å². The van der Waals surface area contributed by atoms with Gasteiger partial charge in [0.2, 0.25) is 10.0 Å². The van der Waals surface area contributed by atoms with Crippen molar-refractivity contribution < 1.29 is 17.7 Å². The predicted molar refractivity (Wildman–Crippen MR) is 112 cm³/mol. The van der Waals surface area contributed by atoms with Gasteiger partial charge in [-0.2, -0.15) is 4.31 Å². The summed E-state index contributed by atoms with van der Waals surface area (Å²) in [4.78, 5) is 12.6. The number of nitrogens with zero attached hydrogens (tertiary/aromatic N) is 2. The van der Waals surface area contributed by atoms with Crippen molar-refractivity contribution in [3.63, 3.8) is 0 Å². The molecule has 0 unspecified atom stereocenters. The smallest absolute Gasteiger partial charge is 0.251 e. The molecule has 0 radical (unpaired) electrons. The fourth-order valence-corrected chi connectivity index (χ4v) is 4.89. The van der Waals surface area contributed by atoms with E-state index in [1.165, 1.54) is 28.6 Å². The first-order valence-electron chi connectivity index (χ1n) is 9.84. The van der Waals surface area contributed by atoms with E-state index in [1.807, 2.05) is 31.2 Å². The molecular formula is C22H23N3O4S. The Morgan fingerprint density at radius 3 is 2.40 bits per heavy atom. The van der Waals surface area contributed by atoms with Gasteiger partial charge in [-0.1, -0.05) is 35.0 Å². The van der Waals surface area contributed by atoms with Crippen LogP contribution in [-0.2, 0) is 16.6 Å². The molecule has 2 aromatic carbocycles. The number of benzene rings is 2. The molecule has 0 spiro atoms. The number of nitrogens with one attached hydrogen (secondary N) is 1. The van der Waals surface area contributed by atoms with Crippen LogP contribution in [0.25, 0.3) is 11.3 Å². The van der Waals surface area contributed by atoms with Gasteiger partial charge in [0, 0.05) is 30.3 Å². The van der Waals surface area contributed by atoms with Crippen LogP contribution in [0.15, 0.2) is 64.0 Å². The van der Waals surface area contributed by atoms with Crippen molar-refractivity contribution >= 4 is 15.9 Å². The highest BCUT2D eigenvalue weighted by atomic mass is 32.2. The van der Waals surface area contributed by atoms with Crippen LogP contribution in [0.4, 0.5) is 0 Å². The molecule has 1 aliphatic heterocycles. The average Bonchev–Trinajstić information content (AvgIpc) is 3.45. The van der Waals surface area contributed by atoms with Crippen LogP contribution in [0.2, 0.25) is 0 Å². The van der Waals surface area contributed by atoms with Crippen LogP contribution in [0.3, 0.4) is 0 Å². The van der Waals surface area contributed by atoms with Crippen molar-refractivity contribution in [1.29, 1.82) is 0 Å². The maximum absolute atomic E-state index is 12.6. The molecule has 1 saturated heterocycles. The van der Waals surface area contributed by atoms with Crippen molar-refractivity contribution in [1.82, 2.24) is 14.8 Å². The fourth-order valence-electron chi connectivity index (χ4n) is 3.38. The molecule has 1 aromatic heterocycles. The lowest BCUT2D eigenvalue weighted by Crippen LogP contribution is -2.28. The topological polar surface area (TPSA) is 92.5 Å². The zero-order valence-corrected chi connectivity index (χ0v) is 17.5. The normalized spacial score (nSPS) is 14.7. The van der Waals surface area contributed by atoms with E-state index >= 15 is 0 Å². The maximum Gasteiger partial charge on any atom is 0.251 e. The van der Waals surface area contributed by atoms with Crippen LogP contribution < -0.4 is 5.32 Å². The van der Waals surface area contributed by atoms with Crippen LogP contribution in [-0.4, -0.2) is 36.9 Å². The molecule has 0 bridgehead atoms. The third-order valence-electron chi connectivity index (χ3n) is 5.14. The summed E-state index contributed by atoms with van der Waals surface area (Å²) in [6.07, 6.45) is 1.76. The summed E-state index contributed by atoms with van der Waals surface area (Å²) >= 11 is 0. The SMILES string of the molecule is Cc1ccc(-c2cc(CNC(=O)c3ccc(S(=O)(=O)N4CCCC4)cc3)no2)cc1. The Hall–Kier alpha value is -2.97. The number of hydrogen-bond donors (Lipinski definition) is 1. The van der Waals surface area contributed by atoms with Gasteiger partial charge in [-0.15, -0.1) is 0 Å². The monoisotopic (exact) mass is 425 g/mol. The van der Waals surface area contributed by atoms with Crippen molar-refractivity contribution in [2.24, 2.45) is 0 Å². The van der Waals surface area contributed by atoms with Gasteiger partial charge in [0.25, 0.3) is 5.91 Å². The molecule has 1 amide bonds. The van der Waals surface area contributed by atoms with Crippen LogP contribution in [0.5, 0.6) is 0 Å². The summed E-state index contributed by atoms with van der Waals surface area (Å²) in [5.41, 5.74) is 3.07. The highest BCUT2D eigenvalue weighted by Crippen LogP contribution is 2.22. The van der Waals surface area contributed by atoms with Crippen molar-refractivity contribution in [2.45, 2.75) is 31.2 Å². The Morgan fingerprint density at radius 1 is 1.07 bits per heavy atom. The Morgan fingerprint density at radius 2 is 1.73 bits per heavy atom. The number of aromatic nitrogens is 1. The molecule has 1 fully saturated rings. The predicted octanol–water partition coefficient (Wildman–Crippen LogP) is 3.36. The second kappa shape index (κ2) is 8.41. The maximum atomic E-state index is 12.6. The van der Waals surface area contributed by atoms with E-state index < -0.39 is 10.0 Å². The van der Waals surface area contributed by atoms with Gasteiger partial charge < -0.3 is 9.84 Å². The second-order valence-electron chi connectivity index (χ2n) is 7.37. The van der Waals surface area contributed by atoms with Gasteiger partial charge in [-0.05, 0) is 44.0 Å². The van der Waals surface area contributed by atoms with E-state index in [1.54, 1.807) is 6.07 Å². The number of rotatable bonds is 6. The average molecular weight is 426 g/mol. The van der Waals surface area contributed by atoms with E-state index in [-0.39, 0.29) is 17.3 Å². The van der Waals surface area contributed by atoms with Crippen molar-refractivity contribution in [2.75, 3.05) is 13.1 Å². The first-order chi connectivity index (χ1) is 14.4. The minimum absolute atomic E-state index is 0.209. The summed E-state index contributed by atoms with van der Waals surface area (Å²) in [5, 5.41) is 6.78. The number of aryl methyl sites for hydroxylation is 1. The van der Waals surface area contributed by atoms with Crippen molar-refractivity contribution in [3.05, 3.63) is 71.4 Å². The van der Waals surface area contributed by atoms with E-state index in [4.69, 9.17) is 4.52 Å². The molecule has 4 rings (SSSR count). The molecular weight excluding hydrogens is 402 g/mol. The lowest BCUT2D eigenvalue weighted by Gasteiger charge is -2.15. The Bertz CT molecular complexity index is 1130. The standard InChI is InChI=1S/C22H23N3O4S/c1-16-4-6-17(7-5-16)21-14-19(24-29-21)15-23-22(26)18-8-10-20(11-9-18)30(27,28)25-12-2-3-13-25/h4-11,14H,2-3,12-13,15H2,1H3,(H,23,26). The summed E-state index contributed by atoms with van der Waals surface area (Å²) < 4.78 is 32.0. The molecule has 7 nitrogen and oxygen atoms in total. The first kappa shape index (κ1) is 20.3. The molecule has 0 aliphatic carbocycles. The Balaban J connectivity index is 1.38.